The highest BCUT2D eigenvalue weighted by molar-refractivity contribution is 9.10. The number of phenols is 1. The molecule has 1 atom stereocenters. The Bertz CT molecular complexity index is 382. The van der Waals surface area contributed by atoms with Crippen molar-refractivity contribution >= 4 is 15.9 Å². The van der Waals surface area contributed by atoms with Crippen LogP contribution >= 0.6 is 15.9 Å². The minimum atomic E-state index is -0.774. The molecule has 0 heterocycles. The van der Waals surface area contributed by atoms with Crippen LogP contribution in [0, 0.1) is 0 Å². The van der Waals surface area contributed by atoms with Crippen LogP contribution in [0.25, 0.3) is 0 Å². The van der Waals surface area contributed by atoms with Gasteiger partial charge in [0.15, 0.2) is 0 Å². The largest absolute Gasteiger partial charge is 0.507 e. The van der Waals surface area contributed by atoms with Gasteiger partial charge in [-0.05, 0) is 40.5 Å². The van der Waals surface area contributed by atoms with E-state index in [1.54, 1.807) is 20.1 Å². The van der Waals surface area contributed by atoms with E-state index in [9.17, 15) is 10.2 Å². The van der Waals surface area contributed by atoms with Gasteiger partial charge >= 0.3 is 0 Å². The molecule has 18 heavy (non-hydrogen) atoms. The summed E-state index contributed by atoms with van der Waals surface area (Å²) in [5.74, 6) is 0.228. The van der Waals surface area contributed by atoms with E-state index in [1.165, 1.54) is 0 Å². The van der Waals surface area contributed by atoms with Crippen molar-refractivity contribution in [2.45, 2.75) is 25.5 Å². The first kappa shape index (κ1) is 15.4. The van der Waals surface area contributed by atoms with Gasteiger partial charge in [0.2, 0.25) is 0 Å². The molecule has 1 unspecified atom stereocenters. The molecule has 0 radical (unpaired) electrons. The first-order chi connectivity index (χ1) is 8.44. The summed E-state index contributed by atoms with van der Waals surface area (Å²) in [5.41, 5.74) is 0.270. The highest BCUT2D eigenvalue weighted by atomic mass is 79.9. The Morgan fingerprint density at radius 1 is 1.44 bits per heavy atom. The van der Waals surface area contributed by atoms with Crippen LogP contribution in [-0.4, -0.2) is 36.1 Å². The lowest BCUT2D eigenvalue weighted by Gasteiger charge is -2.23. The second-order valence-corrected chi connectivity index (χ2v) is 5.48. The van der Waals surface area contributed by atoms with Crippen molar-refractivity contribution in [1.29, 1.82) is 0 Å². The fourth-order valence-corrected chi connectivity index (χ4v) is 1.97. The van der Waals surface area contributed by atoms with Crippen molar-refractivity contribution in [2.75, 3.05) is 20.3 Å². The molecule has 1 aromatic carbocycles. The van der Waals surface area contributed by atoms with Gasteiger partial charge in [0.1, 0.15) is 5.75 Å². The quantitative estimate of drug-likeness (QED) is 0.720. The van der Waals surface area contributed by atoms with E-state index < -0.39 is 5.60 Å². The third-order valence-corrected chi connectivity index (χ3v) is 3.33. The SMILES string of the molecule is COCCC(C)(O)CNCc1ccc(O)c(Br)c1. The maximum absolute atomic E-state index is 10.0. The first-order valence-electron chi connectivity index (χ1n) is 5.84. The normalized spacial score (nSPS) is 14.4. The summed E-state index contributed by atoms with van der Waals surface area (Å²) >= 11 is 3.27. The lowest BCUT2D eigenvalue weighted by molar-refractivity contribution is 0.0247. The fourth-order valence-electron chi connectivity index (χ4n) is 1.55. The predicted octanol–water partition coefficient (Wildman–Crippen LogP) is 2.03. The molecule has 0 aliphatic heterocycles. The Kier molecular flexibility index (Phi) is 6.08. The molecule has 3 N–H and O–H groups in total. The van der Waals surface area contributed by atoms with Gasteiger partial charge in [-0.2, -0.15) is 0 Å². The summed E-state index contributed by atoms with van der Waals surface area (Å²) in [6.07, 6.45) is 0.593. The molecule has 4 nitrogen and oxygen atoms in total. The number of methoxy groups -OCH3 is 1. The zero-order valence-corrected chi connectivity index (χ0v) is 12.3. The smallest absolute Gasteiger partial charge is 0.129 e. The number of benzene rings is 1. The molecule has 0 aliphatic carbocycles. The van der Waals surface area contributed by atoms with Gasteiger partial charge < -0.3 is 20.3 Å². The zero-order valence-electron chi connectivity index (χ0n) is 10.7. The van der Waals surface area contributed by atoms with E-state index in [1.807, 2.05) is 12.1 Å². The maximum Gasteiger partial charge on any atom is 0.129 e. The number of halogens is 1. The van der Waals surface area contributed by atoms with Crippen LogP contribution in [0.3, 0.4) is 0 Å². The van der Waals surface area contributed by atoms with E-state index in [0.717, 1.165) is 5.56 Å². The van der Waals surface area contributed by atoms with Gasteiger partial charge in [-0.15, -0.1) is 0 Å². The van der Waals surface area contributed by atoms with Crippen LogP contribution in [0.5, 0.6) is 5.75 Å². The molecule has 0 aliphatic rings. The minimum absolute atomic E-state index is 0.228. The molecular formula is C13H20BrNO3. The van der Waals surface area contributed by atoms with E-state index in [2.05, 4.69) is 21.2 Å². The van der Waals surface area contributed by atoms with Crippen molar-refractivity contribution in [3.8, 4) is 5.75 Å². The van der Waals surface area contributed by atoms with Gasteiger partial charge in [-0.3, -0.25) is 0 Å². The number of phenolic OH excluding ortho intramolecular Hbond substituents is 1. The van der Waals surface area contributed by atoms with Crippen LogP contribution in [0.1, 0.15) is 18.9 Å². The number of aromatic hydroxyl groups is 1. The van der Waals surface area contributed by atoms with Gasteiger partial charge in [0.25, 0.3) is 0 Å². The number of hydrogen-bond donors (Lipinski definition) is 3. The molecule has 0 bridgehead atoms. The Morgan fingerprint density at radius 2 is 2.17 bits per heavy atom. The topological polar surface area (TPSA) is 61.7 Å². The van der Waals surface area contributed by atoms with Crippen LogP contribution in [0.4, 0.5) is 0 Å². The molecule has 1 rings (SSSR count). The van der Waals surface area contributed by atoms with E-state index in [0.29, 0.717) is 30.6 Å². The van der Waals surface area contributed by atoms with Crippen molar-refractivity contribution in [3.63, 3.8) is 0 Å². The second kappa shape index (κ2) is 7.09. The summed E-state index contributed by atoms with van der Waals surface area (Å²) in [6, 6.07) is 5.34. The Hall–Kier alpha value is -0.620. The third-order valence-electron chi connectivity index (χ3n) is 2.69. The number of rotatable bonds is 7. The number of hydrogen-bond acceptors (Lipinski definition) is 4. The van der Waals surface area contributed by atoms with Crippen molar-refractivity contribution < 1.29 is 14.9 Å². The van der Waals surface area contributed by atoms with Crippen LogP contribution in [0.15, 0.2) is 22.7 Å². The summed E-state index contributed by atoms with van der Waals surface area (Å²) in [6.45, 7) is 3.46. The van der Waals surface area contributed by atoms with Crippen molar-refractivity contribution in [3.05, 3.63) is 28.2 Å². The Balaban J connectivity index is 2.39. The molecule has 0 saturated heterocycles. The lowest BCUT2D eigenvalue weighted by Crippen LogP contribution is -2.38. The summed E-state index contributed by atoms with van der Waals surface area (Å²) in [5, 5.41) is 22.6. The molecule has 5 heteroatoms. The fraction of sp³-hybridized carbons (Fsp3) is 0.538. The highest BCUT2D eigenvalue weighted by Crippen LogP contribution is 2.24. The van der Waals surface area contributed by atoms with E-state index >= 15 is 0 Å². The molecule has 1 aromatic rings. The maximum atomic E-state index is 10.0. The minimum Gasteiger partial charge on any atom is -0.507 e. The van der Waals surface area contributed by atoms with Gasteiger partial charge in [-0.1, -0.05) is 6.07 Å². The van der Waals surface area contributed by atoms with Gasteiger partial charge in [0, 0.05) is 33.2 Å². The van der Waals surface area contributed by atoms with Crippen molar-refractivity contribution in [1.82, 2.24) is 5.32 Å². The van der Waals surface area contributed by atoms with Gasteiger partial charge in [-0.25, -0.2) is 0 Å². The summed E-state index contributed by atoms with van der Waals surface area (Å²) in [4.78, 5) is 0. The van der Waals surface area contributed by atoms with Crippen LogP contribution in [0.2, 0.25) is 0 Å². The van der Waals surface area contributed by atoms with E-state index in [4.69, 9.17) is 4.74 Å². The van der Waals surface area contributed by atoms with E-state index in [-0.39, 0.29) is 5.75 Å². The standard InChI is InChI=1S/C13H20BrNO3/c1-13(17,5-6-18-2)9-15-8-10-3-4-12(16)11(14)7-10/h3-4,7,15-17H,5-6,8-9H2,1-2H3. The molecule has 0 saturated carbocycles. The highest BCUT2D eigenvalue weighted by Gasteiger charge is 2.19. The average Bonchev–Trinajstić information content (AvgIpc) is 2.31. The number of aliphatic hydroxyl groups is 1. The molecule has 0 spiro atoms. The number of ether oxygens (including phenoxy) is 1. The van der Waals surface area contributed by atoms with Crippen LogP contribution in [-0.2, 0) is 11.3 Å². The van der Waals surface area contributed by atoms with Crippen molar-refractivity contribution in [2.24, 2.45) is 0 Å². The van der Waals surface area contributed by atoms with Crippen LogP contribution < -0.4 is 5.32 Å². The predicted molar refractivity (Wildman–Crippen MR) is 74.6 cm³/mol. The average molecular weight is 318 g/mol. The monoisotopic (exact) mass is 317 g/mol. The molecule has 102 valence electrons. The molecule has 0 fully saturated rings. The summed E-state index contributed by atoms with van der Waals surface area (Å²) in [7, 11) is 1.62. The number of nitrogens with one attached hydrogen (secondary N) is 1. The molecule has 0 amide bonds. The lowest BCUT2D eigenvalue weighted by atomic mass is 10.0. The second-order valence-electron chi connectivity index (χ2n) is 4.63. The Morgan fingerprint density at radius 3 is 2.78 bits per heavy atom. The Labute approximate surface area is 116 Å². The molecular weight excluding hydrogens is 298 g/mol. The summed E-state index contributed by atoms with van der Waals surface area (Å²) < 4.78 is 5.62. The van der Waals surface area contributed by atoms with Gasteiger partial charge in [0.05, 0.1) is 10.1 Å². The first-order valence-corrected chi connectivity index (χ1v) is 6.63. The zero-order chi connectivity index (χ0) is 13.6. The molecule has 0 aromatic heterocycles. The third kappa shape index (κ3) is 5.35.